The van der Waals surface area contributed by atoms with Crippen molar-refractivity contribution in [2.75, 3.05) is 31.1 Å². The van der Waals surface area contributed by atoms with Gasteiger partial charge in [-0.15, -0.1) is 0 Å². The van der Waals surface area contributed by atoms with Crippen molar-refractivity contribution in [2.45, 2.75) is 38.7 Å². The van der Waals surface area contributed by atoms with E-state index >= 15 is 0 Å². The molecule has 1 aliphatic rings. The minimum atomic E-state index is -4.54. The Balaban J connectivity index is 1.31. The van der Waals surface area contributed by atoms with E-state index in [9.17, 15) is 32.3 Å². The molecule has 0 saturated carbocycles. The summed E-state index contributed by atoms with van der Waals surface area (Å²) in [5, 5.41) is 5.79. The molecular formula is C33H33F3N6O4. The summed E-state index contributed by atoms with van der Waals surface area (Å²) in [5.74, 6) is -1.03. The predicted octanol–water partition coefficient (Wildman–Crippen LogP) is 3.65. The predicted molar refractivity (Wildman–Crippen MR) is 166 cm³/mol. The van der Waals surface area contributed by atoms with Gasteiger partial charge in [0.25, 0.3) is 5.56 Å². The first-order valence-corrected chi connectivity index (χ1v) is 14.7. The number of halogens is 3. The number of aromatic nitrogens is 2. The van der Waals surface area contributed by atoms with Crippen molar-refractivity contribution >= 4 is 34.3 Å². The van der Waals surface area contributed by atoms with Crippen LogP contribution in [0.25, 0.3) is 10.9 Å². The molecule has 2 heterocycles. The van der Waals surface area contributed by atoms with Gasteiger partial charge in [0.2, 0.25) is 17.7 Å². The molecule has 10 nitrogen and oxygen atoms in total. The zero-order valence-corrected chi connectivity index (χ0v) is 25.1. The third-order valence-corrected chi connectivity index (χ3v) is 7.91. The molecule has 240 valence electrons. The average molecular weight is 635 g/mol. The Morgan fingerprint density at radius 3 is 2.26 bits per heavy atom. The number of nitrogens with one attached hydrogen (secondary N) is 2. The van der Waals surface area contributed by atoms with Crippen molar-refractivity contribution in [3.8, 4) is 0 Å². The largest absolute Gasteiger partial charge is 0.416 e. The monoisotopic (exact) mass is 634 g/mol. The van der Waals surface area contributed by atoms with Gasteiger partial charge in [0, 0.05) is 45.3 Å². The number of amides is 3. The first-order chi connectivity index (χ1) is 22.0. The number of piperazine rings is 1. The van der Waals surface area contributed by atoms with Gasteiger partial charge in [-0.1, -0.05) is 42.5 Å². The van der Waals surface area contributed by atoms with Gasteiger partial charge >= 0.3 is 6.18 Å². The van der Waals surface area contributed by atoms with Gasteiger partial charge in [-0.2, -0.15) is 13.2 Å². The van der Waals surface area contributed by atoms with Gasteiger partial charge in [0.15, 0.2) is 0 Å². The molecular weight excluding hydrogens is 601 g/mol. The van der Waals surface area contributed by atoms with Crippen LogP contribution in [0, 0.1) is 0 Å². The molecule has 1 aliphatic heterocycles. The second-order valence-electron chi connectivity index (χ2n) is 11.1. The molecule has 13 heteroatoms. The van der Waals surface area contributed by atoms with Gasteiger partial charge in [-0.05, 0) is 41.5 Å². The smallest absolute Gasteiger partial charge is 0.368 e. The van der Waals surface area contributed by atoms with Crippen LogP contribution in [0.2, 0.25) is 0 Å². The van der Waals surface area contributed by atoms with Crippen molar-refractivity contribution in [1.29, 1.82) is 0 Å². The maximum atomic E-state index is 13.4. The molecule has 1 fully saturated rings. The van der Waals surface area contributed by atoms with Gasteiger partial charge in [-0.25, -0.2) is 4.98 Å². The minimum absolute atomic E-state index is 0.0110. The second kappa shape index (κ2) is 13.8. The molecule has 4 aromatic rings. The molecule has 0 spiro atoms. The number of benzene rings is 3. The highest BCUT2D eigenvalue weighted by Gasteiger charge is 2.30. The standard InChI is InChI=1S/C33H33F3N6O4/c1-22(43)40-13-15-41(16-14-40)26-11-12-28-27(17-26)32(46)42(21-38-28)20-31(45)39-29(24-7-9-25(10-8-24)33(34,35)36)18-30(44)37-19-23-5-3-2-4-6-23/h2-12,17,21,29H,13-16,18-20H2,1H3,(H,37,44)(H,39,45)/t29-/m1/s1. The van der Waals surface area contributed by atoms with Crippen LogP contribution in [-0.2, 0) is 33.6 Å². The molecule has 2 N–H and O–H groups in total. The van der Waals surface area contributed by atoms with Crippen LogP contribution in [0.15, 0.2) is 83.9 Å². The van der Waals surface area contributed by atoms with Crippen LogP contribution < -0.4 is 21.1 Å². The van der Waals surface area contributed by atoms with E-state index < -0.39 is 41.7 Å². The molecule has 3 aromatic carbocycles. The second-order valence-corrected chi connectivity index (χ2v) is 11.1. The lowest BCUT2D eigenvalue weighted by atomic mass is 10.0. The van der Waals surface area contributed by atoms with E-state index in [4.69, 9.17) is 0 Å². The van der Waals surface area contributed by atoms with E-state index in [2.05, 4.69) is 20.5 Å². The lowest BCUT2D eigenvalue weighted by molar-refractivity contribution is -0.137. The summed E-state index contributed by atoms with van der Waals surface area (Å²) < 4.78 is 40.7. The maximum absolute atomic E-state index is 13.4. The molecule has 46 heavy (non-hydrogen) atoms. The van der Waals surface area contributed by atoms with Crippen molar-refractivity contribution < 1.29 is 27.6 Å². The van der Waals surface area contributed by atoms with Crippen molar-refractivity contribution in [1.82, 2.24) is 25.1 Å². The number of nitrogens with zero attached hydrogens (tertiary/aromatic N) is 4. The van der Waals surface area contributed by atoms with Gasteiger partial charge in [0.1, 0.15) is 6.54 Å². The highest BCUT2D eigenvalue weighted by Crippen LogP contribution is 2.30. The highest BCUT2D eigenvalue weighted by atomic mass is 19.4. The maximum Gasteiger partial charge on any atom is 0.416 e. The first kappa shape index (κ1) is 32.2. The van der Waals surface area contributed by atoms with Crippen LogP contribution >= 0.6 is 0 Å². The van der Waals surface area contributed by atoms with Crippen LogP contribution in [0.3, 0.4) is 0 Å². The summed E-state index contributed by atoms with van der Waals surface area (Å²) in [4.78, 5) is 59.3. The molecule has 0 radical (unpaired) electrons. The SMILES string of the molecule is CC(=O)N1CCN(c2ccc3ncn(CC(=O)N[C@H](CC(=O)NCc4ccccc4)c4ccc(C(F)(F)F)cc4)c(=O)c3c2)CC1. The summed E-state index contributed by atoms with van der Waals surface area (Å²) in [7, 11) is 0. The summed E-state index contributed by atoms with van der Waals surface area (Å²) in [5.41, 5.74) is 1.09. The fourth-order valence-corrected chi connectivity index (χ4v) is 5.34. The van der Waals surface area contributed by atoms with E-state index in [-0.39, 0.29) is 18.9 Å². The number of anilines is 1. The Morgan fingerprint density at radius 1 is 0.913 bits per heavy atom. The van der Waals surface area contributed by atoms with Crippen LogP contribution in [0.4, 0.5) is 18.9 Å². The number of alkyl halides is 3. The number of carbonyl (C=O) groups excluding carboxylic acids is 3. The Labute approximate surface area is 262 Å². The van der Waals surface area contributed by atoms with E-state index in [0.29, 0.717) is 42.6 Å². The van der Waals surface area contributed by atoms with Crippen LogP contribution in [-0.4, -0.2) is 58.4 Å². The Kier molecular flexibility index (Phi) is 9.69. The molecule has 0 unspecified atom stereocenters. The zero-order valence-electron chi connectivity index (χ0n) is 25.1. The van der Waals surface area contributed by atoms with Crippen LogP contribution in [0.5, 0.6) is 0 Å². The number of fused-ring (bicyclic) bond motifs is 1. The molecule has 3 amide bonds. The van der Waals surface area contributed by atoms with Gasteiger partial charge < -0.3 is 20.4 Å². The molecule has 1 aromatic heterocycles. The Morgan fingerprint density at radius 2 is 1.61 bits per heavy atom. The van der Waals surface area contributed by atoms with E-state index in [1.54, 1.807) is 17.0 Å². The van der Waals surface area contributed by atoms with Crippen molar-refractivity contribution in [2.24, 2.45) is 0 Å². The van der Waals surface area contributed by atoms with E-state index in [1.807, 2.05) is 36.4 Å². The molecule has 0 bridgehead atoms. The molecule has 5 rings (SSSR count). The summed E-state index contributed by atoms with van der Waals surface area (Å²) in [6.07, 6.45) is -3.53. The molecule has 1 atom stereocenters. The third kappa shape index (κ3) is 7.89. The first-order valence-electron chi connectivity index (χ1n) is 14.7. The summed E-state index contributed by atoms with van der Waals surface area (Å²) in [6, 6.07) is 17.7. The Bertz CT molecular complexity index is 1770. The highest BCUT2D eigenvalue weighted by molar-refractivity contribution is 5.83. The average Bonchev–Trinajstić information content (AvgIpc) is 3.05. The van der Waals surface area contributed by atoms with Crippen LogP contribution in [0.1, 0.15) is 36.1 Å². The van der Waals surface area contributed by atoms with Gasteiger partial charge in [-0.3, -0.25) is 23.7 Å². The number of hydrogen-bond donors (Lipinski definition) is 2. The van der Waals surface area contributed by atoms with E-state index in [1.165, 1.54) is 25.4 Å². The zero-order chi connectivity index (χ0) is 32.8. The quantitative estimate of drug-likeness (QED) is 0.291. The fourth-order valence-electron chi connectivity index (χ4n) is 5.34. The summed E-state index contributed by atoms with van der Waals surface area (Å²) >= 11 is 0. The van der Waals surface area contributed by atoms with Gasteiger partial charge in [0.05, 0.1) is 35.3 Å². The lowest BCUT2D eigenvalue weighted by Crippen LogP contribution is -2.48. The molecule has 0 aliphatic carbocycles. The van der Waals surface area contributed by atoms with Crippen molar-refractivity contribution in [3.63, 3.8) is 0 Å². The molecule has 1 saturated heterocycles. The number of hydrogen-bond acceptors (Lipinski definition) is 6. The van der Waals surface area contributed by atoms with Crippen molar-refractivity contribution in [3.05, 3.63) is 106 Å². The normalized spacial score (nSPS) is 14.2. The van der Waals surface area contributed by atoms with E-state index in [0.717, 1.165) is 28.0 Å². The Hall–Kier alpha value is -5.20. The fraction of sp³-hybridized carbons (Fsp3) is 0.303. The topological polar surface area (TPSA) is 117 Å². The lowest BCUT2D eigenvalue weighted by Gasteiger charge is -2.35. The summed E-state index contributed by atoms with van der Waals surface area (Å²) in [6.45, 7) is 3.68. The number of carbonyl (C=O) groups is 3. The number of rotatable bonds is 9. The minimum Gasteiger partial charge on any atom is -0.368 e. The third-order valence-electron chi connectivity index (χ3n) is 7.91.